The van der Waals surface area contributed by atoms with E-state index in [4.69, 9.17) is 19.8 Å². The van der Waals surface area contributed by atoms with Crippen LogP contribution in [0.4, 0.5) is 0 Å². The topological polar surface area (TPSA) is 62.7 Å². The van der Waals surface area contributed by atoms with Crippen LogP contribution in [0.2, 0.25) is 0 Å². The van der Waals surface area contributed by atoms with Crippen molar-refractivity contribution in [2.45, 2.75) is 40.0 Å². The van der Waals surface area contributed by atoms with Crippen LogP contribution >= 0.6 is 0 Å². The van der Waals surface area contributed by atoms with Gasteiger partial charge in [-0.2, -0.15) is 5.10 Å². The summed E-state index contributed by atoms with van der Waals surface area (Å²) in [6.45, 7) is 10.8. The van der Waals surface area contributed by atoms with Gasteiger partial charge in [-0.1, -0.05) is 57.2 Å². The van der Waals surface area contributed by atoms with Crippen molar-refractivity contribution in [3.8, 4) is 28.7 Å². The third-order valence-electron chi connectivity index (χ3n) is 9.54. The van der Waals surface area contributed by atoms with Gasteiger partial charge in [-0.15, -0.1) is 0 Å². The Morgan fingerprint density at radius 2 is 1.28 bits per heavy atom. The van der Waals surface area contributed by atoms with Crippen molar-refractivity contribution in [1.82, 2.24) is 28.9 Å². The minimum atomic E-state index is -0.0802. The highest BCUT2D eigenvalue weighted by molar-refractivity contribution is 6.10. The summed E-state index contributed by atoms with van der Waals surface area (Å²) in [6.07, 6.45) is 3.74. The Balaban J connectivity index is 1.20. The Morgan fingerprint density at radius 3 is 2.04 bits per heavy atom. The van der Waals surface area contributed by atoms with Crippen molar-refractivity contribution in [3.63, 3.8) is 0 Å². The summed E-state index contributed by atoms with van der Waals surface area (Å²) in [7, 11) is 0. The van der Waals surface area contributed by atoms with E-state index in [0.717, 1.165) is 78.4 Å². The number of rotatable bonds is 5. The first kappa shape index (κ1) is 29.9. The minimum absolute atomic E-state index is 0.0802. The lowest BCUT2D eigenvalue weighted by Gasteiger charge is -2.22. The summed E-state index contributed by atoms with van der Waals surface area (Å²) >= 11 is 0. The van der Waals surface area contributed by atoms with Crippen LogP contribution in [0.15, 0.2) is 128 Å². The average Bonchev–Trinajstić information content (AvgIpc) is 3.75. The van der Waals surface area contributed by atoms with Crippen LogP contribution in [0.1, 0.15) is 37.7 Å². The molecule has 0 aliphatic carbocycles. The first-order valence-electron chi connectivity index (χ1n) is 16.9. The number of aromatic nitrogens is 6. The van der Waals surface area contributed by atoms with Crippen LogP contribution < -0.4 is 4.74 Å². The van der Waals surface area contributed by atoms with Gasteiger partial charge in [-0.05, 0) is 85.5 Å². The van der Waals surface area contributed by atoms with Crippen molar-refractivity contribution in [3.05, 3.63) is 145 Å². The quantitative estimate of drug-likeness (QED) is 0.186. The summed E-state index contributed by atoms with van der Waals surface area (Å²) in [5.41, 5.74) is 9.24. The summed E-state index contributed by atoms with van der Waals surface area (Å²) in [5, 5.41) is 9.34. The van der Waals surface area contributed by atoms with Gasteiger partial charge < -0.3 is 4.74 Å². The summed E-state index contributed by atoms with van der Waals surface area (Å²) in [5.74, 6) is 2.32. The molecule has 0 spiro atoms. The largest absolute Gasteiger partial charge is 0.457 e. The van der Waals surface area contributed by atoms with Crippen molar-refractivity contribution < 1.29 is 4.74 Å². The third-order valence-corrected chi connectivity index (χ3v) is 9.54. The molecule has 9 rings (SSSR count). The van der Waals surface area contributed by atoms with Gasteiger partial charge in [0.2, 0.25) is 0 Å². The highest BCUT2D eigenvalue weighted by Crippen LogP contribution is 2.38. The molecular weight excluding hydrogens is 617 g/mol. The van der Waals surface area contributed by atoms with E-state index < -0.39 is 0 Å². The Bertz CT molecular complexity index is 2700. The van der Waals surface area contributed by atoms with Gasteiger partial charge in [0.15, 0.2) is 0 Å². The molecule has 4 aromatic carbocycles. The number of ether oxygens (including phenoxy) is 1. The molecule has 5 heterocycles. The van der Waals surface area contributed by atoms with E-state index in [1.54, 1.807) is 0 Å². The maximum Gasteiger partial charge on any atom is 0.145 e. The zero-order valence-electron chi connectivity index (χ0n) is 28.7. The van der Waals surface area contributed by atoms with Crippen LogP contribution in [-0.4, -0.2) is 28.9 Å². The molecule has 5 aromatic heterocycles. The lowest BCUT2D eigenvalue weighted by Crippen LogP contribution is -2.12. The monoisotopic (exact) mass is 652 g/mol. The fourth-order valence-corrected chi connectivity index (χ4v) is 7.21. The van der Waals surface area contributed by atoms with E-state index in [1.807, 2.05) is 30.1 Å². The Labute approximate surface area is 290 Å². The smallest absolute Gasteiger partial charge is 0.145 e. The van der Waals surface area contributed by atoms with E-state index in [1.165, 1.54) is 10.9 Å². The zero-order chi connectivity index (χ0) is 34.1. The minimum Gasteiger partial charge on any atom is -0.457 e. The Morgan fingerprint density at radius 1 is 0.560 bits per heavy atom. The van der Waals surface area contributed by atoms with E-state index in [0.29, 0.717) is 0 Å². The van der Waals surface area contributed by atoms with E-state index in [9.17, 15) is 0 Å². The fraction of sp³-hybridized carbons (Fsp3) is 0.140. The van der Waals surface area contributed by atoms with Crippen molar-refractivity contribution in [1.29, 1.82) is 0 Å². The molecule has 0 bridgehead atoms. The van der Waals surface area contributed by atoms with Gasteiger partial charge in [-0.25, -0.2) is 14.6 Å². The molecule has 9 aromatic rings. The molecular formula is C43H36N6O. The van der Waals surface area contributed by atoms with Gasteiger partial charge in [0.1, 0.15) is 23.0 Å². The van der Waals surface area contributed by atoms with Crippen molar-refractivity contribution in [2.24, 2.45) is 0 Å². The molecule has 0 amide bonds. The van der Waals surface area contributed by atoms with E-state index in [2.05, 4.69) is 146 Å². The van der Waals surface area contributed by atoms with E-state index in [-0.39, 0.29) is 5.41 Å². The summed E-state index contributed by atoms with van der Waals surface area (Å²) in [4.78, 5) is 9.74. The molecule has 7 heteroatoms. The number of para-hydroxylation sites is 2. The number of benzene rings is 4. The molecule has 50 heavy (non-hydrogen) atoms. The predicted octanol–water partition coefficient (Wildman–Crippen LogP) is 10.6. The zero-order valence-corrected chi connectivity index (χ0v) is 28.7. The third kappa shape index (κ3) is 4.85. The Hall–Kier alpha value is -6.21. The number of hydrogen-bond acceptors (Lipinski definition) is 4. The van der Waals surface area contributed by atoms with Gasteiger partial charge in [-0.3, -0.25) is 9.13 Å². The first-order valence-corrected chi connectivity index (χ1v) is 16.9. The second-order valence-electron chi connectivity index (χ2n) is 14.0. The molecule has 0 saturated carbocycles. The maximum atomic E-state index is 6.71. The van der Waals surface area contributed by atoms with Crippen molar-refractivity contribution in [2.75, 3.05) is 0 Å². The lowest BCUT2D eigenvalue weighted by atomic mass is 9.86. The van der Waals surface area contributed by atoms with Gasteiger partial charge in [0.25, 0.3) is 0 Å². The van der Waals surface area contributed by atoms with Crippen LogP contribution in [0.5, 0.6) is 11.5 Å². The average molecular weight is 653 g/mol. The number of pyridine rings is 2. The van der Waals surface area contributed by atoms with Crippen molar-refractivity contribution >= 4 is 43.7 Å². The van der Waals surface area contributed by atoms with Crippen LogP contribution in [-0.2, 0) is 5.41 Å². The second-order valence-corrected chi connectivity index (χ2v) is 14.0. The van der Waals surface area contributed by atoms with Gasteiger partial charge >= 0.3 is 0 Å². The highest BCUT2D eigenvalue weighted by Gasteiger charge is 2.20. The van der Waals surface area contributed by atoms with Crippen LogP contribution in [0.25, 0.3) is 60.9 Å². The fourth-order valence-electron chi connectivity index (χ4n) is 7.21. The molecule has 7 nitrogen and oxygen atoms in total. The van der Waals surface area contributed by atoms with Crippen LogP contribution in [0, 0.1) is 13.8 Å². The number of hydrogen-bond donors (Lipinski definition) is 0. The molecule has 0 aliphatic rings. The number of nitrogens with zero attached hydrogens (tertiary/aromatic N) is 6. The normalized spacial score (nSPS) is 12.1. The molecule has 0 unspecified atom stereocenters. The molecule has 244 valence electrons. The molecule has 0 fully saturated rings. The maximum absolute atomic E-state index is 6.71. The number of fused-ring (bicyclic) bond motifs is 6. The SMILES string of the molecule is Cc1cc(C)n(-c2cc(Oc3ccc4c5ccccc5n(-c5cc(-n6c7ccccc7c7cccnc76)ccn5)c4c3)cc(C(C)(C)C)c2)n1. The summed E-state index contributed by atoms with van der Waals surface area (Å²) < 4.78 is 13.2. The predicted molar refractivity (Wildman–Crippen MR) is 203 cm³/mol. The van der Waals surface area contributed by atoms with Crippen LogP contribution in [0.3, 0.4) is 0 Å². The first-order chi connectivity index (χ1) is 24.2. The Kier molecular flexibility index (Phi) is 6.68. The molecule has 0 saturated heterocycles. The number of aryl methyl sites for hydroxylation is 2. The molecule has 0 radical (unpaired) electrons. The molecule has 0 N–H and O–H groups in total. The highest BCUT2D eigenvalue weighted by atomic mass is 16.5. The lowest BCUT2D eigenvalue weighted by molar-refractivity contribution is 0.478. The standard InChI is InChI=1S/C43H36N6O/c1-27-21-28(2)49(46-27)31-22-29(43(3,4)5)23-33(24-31)50-32-16-17-36-34-11-6-9-15-39(34)48(40(36)26-32)41-25-30(18-20-44-41)47-38-14-8-7-12-35(38)37-13-10-19-45-42(37)47/h6-26H,1-5H3. The van der Waals surface area contributed by atoms with Gasteiger partial charge in [0.05, 0.1) is 33.6 Å². The second kappa shape index (κ2) is 11.2. The van der Waals surface area contributed by atoms with E-state index >= 15 is 0 Å². The van der Waals surface area contributed by atoms with Gasteiger partial charge in [0, 0.05) is 57.8 Å². The molecule has 0 aliphatic heterocycles. The summed E-state index contributed by atoms with van der Waals surface area (Å²) in [6, 6.07) is 40.1. The molecule has 0 atom stereocenters.